The second kappa shape index (κ2) is 12.8. The van der Waals surface area contributed by atoms with E-state index in [-0.39, 0.29) is 35.3 Å². The number of fused-ring (bicyclic) bond motifs is 1. The molecule has 6 nitrogen and oxygen atoms in total. The number of Topliss-reactive ketones (excluding diaryl/α,β-unsaturated/α-hetero) is 1. The number of allylic oxidation sites excluding steroid dienone is 3. The van der Waals surface area contributed by atoms with Gasteiger partial charge in [-0.15, -0.1) is 6.58 Å². The molecule has 0 heterocycles. The highest BCUT2D eigenvalue weighted by Crippen LogP contribution is 2.36. The number of carbonyl (C=O) groups excluding carboxylic acids is 3. The van der Waals surface area contributed by atoms with Crippen LogP contribution < -0.4 is 0 Å². The SMILES string of the molecule is C=CCCCCCCCCC(=O)O[C@H](CC=C(C)C)C1=CC(=O)c2c(O)ccc(O)c2C1=O. The quantitative estimate of drug-likeness (QED) is 0.165. The van der Waals surface area contributed by atoms with Crippen LogP contribution in [0.5, 0.6) is 11.5 Å². The van der Waals surface area contributed by atoms with E-state index in [2.05, 4.69) is 6.58 Å². The van der Waals surface area contributed by atoms with E-state index in [1.165, 1.54) is 6.07 Å². The van der Waals surface area contributed by atoms with Crippen LogP contribution in [0.3, 0.4) is 0 Å². The molecule has 0 saturated heterocycles. The van der Waals surface area contributed by atoms with Gasteiger partial charge in [-0.2, -0.15) is 0 Å². The molecule has 1 aromatic carbocycles. The Morgan fingerprint density at radius 2 is 1.61 bits per heavy atom. The van der Waals surface area contributed by atoms with Crippen LogP contribution >= 0.6 is 0 Å². The Morgan fingerprint density at radius 1 is 1.00 bits per heavy atom. The van der Waals surface area contributed by atoms with Gasteiger partial charge in [0.2, 0.25) is 0 Å². The Hall–Kier alpha value is -3.15. The Morgan fingerprint density at radius 3 is 2.24 bits per heavy atom. The molecular formula is C27H34O6. The topological polar surface area (TPSA) is 101 Å². The molecule has 0 radical (unpaired) electrons. The van der Waals surface area contributed by atoms with Crippen LogP contribution in [-0.2, 0) is 9.53 Å². The smallest absolute Gasteiger partial charge is 0.306 e. The molecule has 2 rings (SSSR count). The van der Waals surface area contributed by atoms with Gasteiger partial charge in [-0.1, -0.05) is 43.4 Å². The molecule has 1 atom stereocenters. The maximum atomic E-state index is 13.1. The average molecular weight is 455 g/mol. The van der Waals surface area contributed by atoms with Gasteiger partial charge in [0.1, 0.15) is 17.6 Å². The van der Waals surface area contributed by atoms with E-state index >= 15 is 0 Å². The fourth-order valence-electron chi connectivity index (χ4n) is 3.79. The van der Waals surface area contributed by atoms with Gasteiger partial charge in [0, 0.05) is 18.4 Å². The van der Waals surface area contributed by atoms with Crippen molar-refractivity contribution in [2.24, 2.45) is 0 Å². The number of unbranched alkanes of at least 4 members (excludes halogenated alkanes) is 6. The summed E-state index contributed by atoms with van der Waals surface area (Å²) >= 11 is 0. The van der Waals surface area contributed by atoms with E-state index < -0.39 is 29.4 Å². The van der Waals surface area contributed by atoms with Crippen molar-refractivity contribution in [3.05, 3.63) is 59.2 Å². The number of ether oxygens (including phenoxy) is 1. The largest absolute Gasteiger partial charge is 0.507 e. The van der Waals surface area contributed by atoms with Crippen molar-refractivity contribution in [2.75, 3.05) is 0 Å². The molecule has 0 amide bonds. The van der Waals surface area contributed by atoms with E-state index in [9.17, 15) is 24.6 Å². The van der Waals surface area contributed by atoms with Crippen molar-refractivity contribution in [3.8, 4) is 11.5 Å². The number of hydrogen-bond donors (Lipinski definition) is 2. The number of esters is 1. The molecule has 1 aliphatic carbocycles. The second-order valence-corrected chi connectivity index (χ2v) is 8.59. The van der Waals surface area contributed by atoms with Crippen molar-refractivity contribution >= 4 is 17.5 Å². The molecule has 0 bridgehead atoms. The zero-order valence-electron chi connectivity index (χ0n) is 19.6. The first-order valence-electron chi connectivity index (χ1n) is 11.6. The van der Waals surface area contributed by atoms with Gasteiger partial charge in [0.05, 0.1) is 11.1 Å². The third-order valence-electron chi connectivity index (χ3n) is 5.58. The minimum atomic E-state index is -0.947. The normalized spacial score (nSPS) is 13.7. The van der Waals surface area contributed by atoms with Gasteiger partial charge in [-0.05, 0) is 51.3 Å². The van der Waals surface area contributed by atoms with Crippen molar-refractivity contribution in [3.63, 3.8) is 0 Å². The Bertz CT molecular complexity index is 950. The first-order chi connectivity index (χ1) is 15.8. The van der Waals surface area contributed by atoms with Crippen molar-refractivity contribution in [1.29, 1.82) is 0 Å². The predicted octanol–water partition coefficient (Wildman–Crippen LogP) is 5.98. The monoisotopic (exact) mass is 454 g/mol. The van der Waals surface area contributed by atoms with Gasteiger partial charge >= 0.3 is 5.97 Å². The first kappa shape index (κ1) is 26.1. The zero-order valence-corrected chi connectivity index (χ0v) is 19.6. The highest BCUT2D eigenvalue weighted by molar-refractivity contribution is 6.27. The number of rotatable bonds is 13. The van der Waals surface area contributed by atoms with E-state index in [0.29, 0.717) is 6.42 Å². The molecule has 0 fully saturated rings. The molecule has 178 valence electrons. The van der Waals surface area contributed by atoms with Crippen molar-refractivity contribution in [1.82, 2.24) is 0 Å². The lowest BCUT2D eigenvalue weighted by Crippen LogP contribution is -2.29. The fourth-order valence-corrected chi connectivity index (χ4v) is 3.79. The number of hydrogen-bond acceptors (Lipinski definition) is 6. The Kier molecular flexibility index (Phi) is 10.1. The van der Waals surface area contributed by atoms with Crippen LogP contribution in [0.15, 0.2) is 48.1 Å². The van der Waals surface area contributed by atoms with E-state index in [0.717, 1.165) is 56.2 Å². The molecule has 6 heteroatoms. The Labute approximate surface area is 195 Å². The highest BCUT2D eigenvalue weighted by Gasteiger charge is 2.35. The maximum absolute atomic E-state index is 13.1. The van der Waals surface area contributed by atoms with E-state index in [1.54, 1.807) is 0 Å². The van der Waals surface area contributed by atoms with Crippen molar-refractivity contribution in [2.45, 2.75) is 77.7 Å². The lowest BCUT2D eigenvalue weighted by molar-refractivity contribution is -0.147. The maximum Gasteiger partial charge on any atom is 0.306 e. The summed E-state index contributed by atoms with van der Waals surface area (Å²) < 4.78 is 5.62. The minimum absolute atomic E-state index is 0.00136. The summed E-state index contributed by atoms with van der Waals surface area (Å²) in [5, 5.41) is 20.2. The standard InChI is InChI=1S/C27H34O6/c1-4-5-6-7-8-9-10-11-12-24(31)33-23(16-13-18(2)3)19-17-22(30)25-20(28)14-15-21(29)26(25)27(19)32/h4,13-15,17,23,28-29H,1,5-12,16H2,2-3H3/t23-/m1/s1. The fraction of sp³-hybridized carbons (Fsp3) is 0.444. The summed E-state index contributed by atoms with van der Waals surface area (Å²) in [6.07, 6.45) is 11.5. The lowest BCUT2D eigenvalue weighted by atomic mass is 9.85. The lowest BCUT2D eigenvalue weighted by Gasteiger charge is -2.23. The van der Waals surface area contributed by atoms with Crippen molar-refractivity contribution < 1.29 is 29.3 Å². The Balaban J connectivity index is 2.06. The molecule has 33 heavy (non-hydrogen) atoms. The third kappa shape index (κ3) is 7.45. The molecule has 0 aromatic heterocycles. The molecule has 0 spiro atoms. The second-order valence-electron chi connectivity index (χ2n) is 8.59. The van der Waals surface area contributed by atoms with Crippen LogP contribution in [0.4, 0.5) is 0 Å². The summed E-state index contributed by atoms with van der Waals surface area (Å²) in [5.74, 6) is -2.44. The minimum Gasteiger partial charge on any atom is -0.507 e. The molecule has 0 unspecified atom stereocenters. The summed E-state index contributed by atoms with van der Waals surface area (Å²) in [5.41, 5.74) is 0.487. The molecule has 0 saturated carbocycles. The van der Waals surface area contributed by atoms with Gasteiger partial charge in [0.15, 0.2) is 11.6 Å². The van der Waals surface area contributed by atoms with Gasteiger partial charge in [0.25, 0.3) is 0 Å². The predicted molar refractivity (Wildman–Crippen MR) is 128 cm³/mol. The van der Waals surface area contributed by atoms with Crippen LogP contribution in [0.1, 0.15) is 92.4 Å². The molecule has 0 aliphatic heterocycles. The molecule has 2 N–H and O–H groups in total. The number of aromatic hydroxyl groups is 2. The van der Waals surface area contributed by atoms with Crippen LogP contribution in [0.25, 0.3) is 0 Å². The molecular weight excluding hydrogens is 420 g/mol. The summed E-state index contributed by atoms with van der Waals surface area (Å²) in [6, 6.07) is 2.33. The van der Waals surface area contributed by atoms with E-state index in [1.807, 2.05) is 26.0 Å². The zero-order chi connectivity index (χ0) is 24.4. The number of benzene rings is 1. The highest BCUT2D eigenvalue weighted by atomic mass is 16.5. The number of phenols is 2. The average Bonchev–Trinajstić information content (AvgIpc) is 2.77. The van der Waals surface area contributed by atoms with Gasteiger partial charge < -0.3 is 14.9 Å². The van der Waals surface area contributed by atoms with E-state index in [4.69, 9.17) is 4.74 Å². The molecule has 1 aromatic rings. The van der Waals surface area contributed by atoms with Crippen LogP contribution in [0.2, 0.25) is 0 Å². The van der Waals surface area contributed by atoms with Crippen LogP contribution in [0, 0.1) is 0 Å². The number of carbonyl (C=O) groups is 3. The van der Waals surface area contributed by atoms with Gasteiger partial charge in [-0.25, -0.2) is 0 Å². The number of ketones is 2. The van der Waals surface area contributed by atoms with Crippen LogP contribution in [-0.4, -0.2) is 33.9 Å². The third-order valence-corrected chi connectivity index (χ3v) is 5.58. The first-order valence-corrected chi connectivity index (χ1v) is 11.6. The summed E-state index contributed by atoms with van der Waals surface area (Å²) in [6.45, 7) is 7.48. The summed E-state index contributed by atoms with van der Waals surface area (Å²) in [4.78, 5) is 38.2. The summed E-state index contributed by atoms with van der Waals surface area (Å²) in [7, 11) is 0. The number of phenolic OH excluding ortho intramolecular Hbond substituents is 2. The van der Waals surface area contributed by atoms with Gasteiger partial charge in [-0.3, -0.25) is 14.4 Å². The molecule has 1 aliphatic rings.